The topological polar surface area (TPSA) is 71.1 Å². The van der Waals surface area contributed by atoms with Gasteiger partial charge in [-0.15, -0.1) is 22.7 Å². The van der Waals surface area contributed by atoms with Crippen molar-refractivity contribution in [2.75, 3.05) is 11.9 Å². The predicted octanol–water partition coefficient (Wildman–Crippen LogP) is 4.75. The monoisotopic (exact) mass is 425 g/mol. The maximum Gasteiger partial charge on any atom is 0.251 e. The van der Waals surface area contributed by atoms with E-state index in [9.17, 15) is 9.59 Å². The van der Waals surface area contributed by atoms with Gasteiger partial charge in [-0.1, -0.05) is 13.0 Å². The van der Waals surface area contributed by atoms with Crippen molar-refractivity contribution in [1.29, 1.82) is 0 Å². The number of thiazole rings is 1. The largest absolute Gasteiger partial charge is 0.352 e. The third-order valence-electron chi connectivity index (χ3n) is 5.03. The lowest BCUT2D eigenvalue weighted by Gasteiger charge is -2.08. The summed E-state index contributed by atoms with van der Waals surface area (Å²) in [5, 5.41) is 9.01. The summed E-state index contributed by atoms with van der Waals surface area (Å²) in [5.41, 5.74) is 2.24. The quantitative estimate of drug-likeness (QED) is 0.574. The van der Waals surface area contributed by atoms with E-state index in [4.69, 9.17) is 0 Å². The second kappa shape index (κ2) is 8.47. The number of hydrogen-bond acceptors (Lipinski definition) is 5. The van der Waals surface area contributed by atoms with Gasteiger partial charge < -0.3 is 10.6 Å². The highest BCUT2D eigenvalue weighted by atomic mass is 32.1. The molecule has 29 heavy (non-hydrogen) atoms. The van der Waals surface area contributed by atoms with E-state index in [-0.39, 0.29) is 17.7 Å². The first-order valence-corrected chi connectivity index (χ1v) is 11.4. The molecule has 2 heterocycles. The number of anilines is 1. The number of thiophene rings is 1. The first-order chi connectivity index (χ1) is 14.0. The highest BCUT2D eigenvalue weighted by Crippen LogP contribution is 2.38. The highest BCUT2D eigenvalue weighted by molar-refractivity contribution is 7.16. The minimum Gasteiger partial charge on any atom is -0.352 e. The summed E-state index contributed by atoms with van der Waals surface area (Å²) >= 11 is 3.36. The molecule has 1 saturated carbocycles. The van der Waals surface area contributed by atoms with Crippen LogP contribution in [0.25, 0.3) is 10.6 Å². The van der Waals surface area contributed by atoms with Crippen LogP contribution in [0.4, 0.5) is 5.69 Å². The Hall–Kier alpha value is -2.51. The van der Waals surface area contributed by atoms with Gasteiger partial charge in [0.2, 0.25) is 5.91 Å². The van der Waals surface area contributed by atoms with Gasteiger partial charge in [-0.25, -0.2) is 4.98 Å². The van der Waals surface area contributed by atoms with Crippen LogP contribution in [0.2, 0.25) is 0 Å². The molecule has 0 bridgehead atoms. The van der Waals surface area contributed by atoms with Gasteiger partial charge in [-0.2, -0.15) is 0 Å². The molecule has 2 N–H and O–H groups in total. The molecule has 2 unspecified atom stereocenters. The van der Waals surface area contributed by atoms with Crippen LogP contribution in [-0.4, -0.2) is 23.3 Å². The van der Waals surface area contributed by atoms with Crippen molar-refractivity contribution in [3.05, 3.63) is 57.2 Å². The van der Waals surface area contributed by atoms with E-state index in [2.05, 4.69) is 40.1 Å². The molecule has 5 nitrogen and oxygen atoms in total. The van der Waals surface area contributed by atoms with Crippen molar-refractivity contribution < 1.29 is 9.59 Å². The first kappa shape index (κ1) is 19.8. The summed E-state index contributed by atoms with van der Waals surface area (Å²) in [6, 6.07) is 11.3. The maximum atomic E-state index is 12.5. The summed E-state index contributed by atoms with van der Waals surface area (Å²) in [6.07, 6.45) is 1.72. The molecule has 3 aromatic rings. The molecule has 150 valence electrons. The molecule has 0 spiro atoms. The van der Waals surface area contributed by atoms with Crippen LogP contribution < -0.4 is 10.6 Å². The predicted molar refractivity (Wildman–Crippen MR) is 119 cm³/mol. The lowest BCUT2D eigenvalue weighted by molar-refractivity contribution is -0.117. The van der Waals surface area contributed by atoms with Gasteiger partial charge >= 0.3 is 0 Å². The SMILES string of the molecule is Cc1nc(-c2ccc(CCNC(=O)c3cccc(NC(=O)C4CC4C)c3)s2)cs1. The van der Waals surface area contributed by atoms with Crippen molar-refractivity contribution in [1.82, 2.24) is 10.3 Å². The smallest absolute Gasteiger partial charge is 0.251 e. The molecule has 2 atom stereocenters. The molecule has 1 aliphatic carbocycles. The van der Waals surface area contributed by atoms with E-state index >= 15 is 0 Å². The summed E-state index contributed by atoms with van der Waals surface area (Å²) in [7, 11) is 0. The Balaban J connectivity index is 1.29. The van der Waals surface area contributed by atoms with Crippen LogP contribution in [0.15, 0.2) is 41.8 Å². The number of nitrogens with zero attached hydrogens (tertiary/aromatic N) is 1. The Morgan fingerprint density at radius 1 is 1.24 bits per heavy atom. The fourth-order valence-corrected chi connectivity index (χ4v) is 4.84. The Morgan fingerprint density at radius 3 is 2.79 bits per heavy atom. The number of nitrogens with one attached hydrogen (secondary N) is 2. The maximum absolute atomic E-state index is 12.5. The van der Waals surface area contributed by atoms with Crippen LogP contribution in [0.1, 0.15) is 33.6 Å². The third-order valence-corrected chi connectivity index (χ3v) is 6.97. The van der Waals surface area contributed by atoms with E-state index < -0.39 is 0 Å². The minimum atomic E-state index is -0.132. The molecule has 2 amide bonds. The zero-order valence-corrected chi connectivity index (χ0v) is 18.0. The number of aryl methyl sites for hydroxylation is 1. The molecule has 0 saturated heterocycles. The molecule has 1 aliphatic rings. The van der Waals surface area contributed by atoms with Gasteiger partial charge in [0.15, 0.2) is 0 Å². The van der Waals surface area contributed by atoms with Crippen LogP contribution in [0.5, 0.6) is 0 Å². The first-order valence-electron chi connectivity index (χ1n) is 9.70. The zero-order valence-electron chi connectivity index (χ0n) is 16.4. The molecule has 7 heteroatoms. The van der Waals surface area contributed by atoms with Gasteiger partial charge in [0.1, 0.15) is 0 Å². The molecule has 2 aromatic heterocycles. The summed E-state index contributed by atoms with van der Waals surface area (Å²) in [4.78, 5) is 31.4. The lowest BCUT2D eigenvalue weighted by Crippen LogP contribution is -2.25. The zero-order chi connectivity index (χ0) is 20.4. The fourth-order valence-electron chi connectivity index (χ4n) is 3.19. The van der Waals surface area contributed by atoms with Crippen LogP contribution in [0.3, 0.4) is 0 Å². The number of aromatic nitrogens is 1. The molecule has 1 aromatic carbocycles. The molecule has 0 aliphatic heterocycles. The van der Waals surface area contributed by atoms with E-state index in [0.29, 0.717) is 23.7 Å². The molecule has 0 radical (unpaired) electrons. The fraction of sp³-hybridized carbons (Fsp3) is 0.318. The third kappa shape index (κ3) is 4.92. The Labute approximate surface area is 178 Å². The van der Waals surface area contributed by atoms with Gasteiger partial charge in [0.25, 0.3) is 5.91 Å². The van der Waals surface area contributed by atoms with Gasteiger partial charge in [-0.05, 0) is 56.0 Å². The number of carbonyl (C=O) groups excluding carboxylic acids is 2. The summed E-state index contributed by atoms with van der Waals surface area (Å²) in [6.45, 7) is 4.64. The lowest BCUT2D eigenvalue weighted by atomic mass is 10.1. The normalized spacial score (nSPS) is 17.7. The van der Waals surface area contributed by atoms with E-state index in [0.717, 1.165) is 28.4 Å². The molecular weight excluding hydrogens is 402 g/mol. The molecule has 1 fully saturated rings. The van der Waals surface area contributed by atoms with E-state index in [1.165, 1.54) is 4.88 Å². The van der Waals surface area contributed by atoms with Crippen LogP contribution in [-0.2, 0) is 11.2 Å². The number of amides is 2. The second-order valence-electron chi connectivity index (χ2n) is 7.41. The van der Waals surface area contributed by atoms with Crippen molar-refractivity contribution in [3.63, 3.8) is 0 Å². The van der Waals surface area contributed by atoms with Gasteiger partial charge in [0.05, 0.1) is 15.6 Å². The second-order valence-corrected chi connectivity index (χ2v) is 9.64. The van der Waals surface area contributed by atoms with Crippen molar-refractivity contribution in [2.45, 2.75) is 26.7 Å². The Morgan fingerprint density at radius 2 is 2.07 bits per heavy atom. The standard InChI is InChI=1S/C22H23N3O2S2/c1-13-10-18(13)22(27)25-16-5-3-4-15(11-16)21(26)23-9-8-17-6-7-20(29-17)19-12-28-14(2)24-19/h3-7,11-13,18H,8-10H2,1-2H3,(H,23,26)(H,25,27). The number of rotatable bonds is 7. The van der Waals surface area contributed by atoms with Gasteiger partial charge in [-0.3, -0.25) is 9.59 Å². The average molecular weight is 426 g/mol. The minimum absolute atomic E-state index is 0.0406. The van der Waals surface area contributed by atoms with E-state index in [1.807, 2.05) is 13.0 Å². The number of carbonyl (C=O) groups is 2. The van der Waals surface area contributed by atoms with E-state index in [1.54, 1.807) is 40.9 Å². The number of hydrogen-bond donors (Lipinski definition) is 2. The van der Waals surface area contributed by atoms with Crippen molar-refractivity contribution in [2.24, 2.45) is 11.8 Å². The van der Waals surface area contributed by atoms with Gasteiger partial charge in [0, 0.05) is 34.0 Å². The van der Waals surface area contributed by atoms with Crippen LogP contribution in [0, 0.1) is 18.8 Å². The van der Waals surface area contributed by atoms with Crippen molar-refractivity contribution >= 4 is 40.2 Å². The Bertz CT molecular complexity index is 1040. The van der Waals surface area contributed by atoms with Crippen LogP contribution >= 0.6 is 22.7 Å². The molecule has 4 rings (SSSR count). The summed E-state index contributed by atoms with van der Waals surface area (Å²) in [5.74, 6) is 0.474. The number of benzene rings is 1. The molecular formula is C22H23N3O2S2. The summed E-state index contributed by atoms with van der Waals surface area (Å²) < 4.78 is 0. The highest BCUT2D eigenvalue weighted by Gasteiger charge is 2.39. The Kier molecular flexibility index (Phi) is 5.78. The van der Waals surface area contributed by atoms with Crippen molar-refractivity contribution in [3.8, 4) is 10.6 Å². The average Bonchev–Trinajstić information content (AvgIpc) is 3.06.